The molecule has 1 aromatic heterocycles. The second-order valence-electron chi connectivity index (χ2n) is 7.08. The van der Waals surface area contributed by atoms with Crippen molar-refractivity contribution in [3.05, 3.63) is 107 Å². The third kappa shape index (κ3) is 3.85. The normalized spacial score (nSPS) is 11.3. The van der Waals surface area contributed by atoms with E-state index in [-0.39, 0.29) is 11.6 Å². The molecule has 0 amide bonds. The van der Waals surface area contributed by atoms with Crippen LogP contribution in [0, 0.1) is 19.7 Å². The summed E-state index contributed by atoms with van der Waals surface area (Å²) in [6.45, 7) is 3.90. The first-order valence-corrected chi connectivity index (χ1v) is 9.47. The monoisotopic (exact) mass is 381 g/mol. The van der Waals surface area contributed by atoms with Gasteiger partial charge in [0.05, 0.1) is 11.1 Å². The molecule has 3 aromatic carbocycles. The zero-order chi connectivity index (χ0) is 20.4. The van der Waals surface area contributed by atoms with E-state index in [1.165, 1.54) is 18.2 Å². The molecule has 3 heteroatoms. The van der Waals surface area contributed by atoms with Crippen molar-refractivity contribution in [2.45, 2.75) is 13.8 Å². The fourth-order valence-electron chi connectivity index (χ4n) is 3.54. The number of aryl methyl sites for hydroxylation is 2. The third-order valence-corrected chi connectivity index (χ3v) is 4.93. The van der Waals surface area contributed by atoms with Crippen LogP contribution in [-0.2, 0) is 0 Å². The highest BCUT2D eigenvalue weighted by molar-refractivity contribution is 6.16. The van der Waals surface area contributed by atoms with E-state index in [0.717, 1.165) is 33.2 Å². The van der Waals surface area contributed by atoms with Crippen molar-refractivity contribution in [1.82, 2.24) is 4.98 Å². The van der Waals surface area contributed by atoms with E-state index in [1.807, 2.05) is 56.3 Å². The summed E-state index contributed by atoms with van der Waals surface area (Å²) >= 11 is 0. The van der Waals surface area contributed by atoms with Gasteiger partial charge in [-0.1, -0.05) is 60.2 Å². The van der Waals surface area contributed by atoms with Crippen LogP contribution in [0.5, 0.6) is 0 Å². The number of hydrogen-bond donors (Lipinski definition) is 0. The van der Waals surface area contributed by atoms with E-state index in [1.54, 1.807) is 18.2 Å². The third-order valence-electron chi connectivity index (χ3n) is 4.93. The molecule has 0 N–H and O–H groups in total. The van der Waals surface area contributed by atoms with Gasteiger partial charge in [0.2, 0.25) is 0 Å². The van der Waals surface area contributed by atoms with Gasteiger partial charge in [-0.3, -0.25) is 9.78 Å². The van der Waals surface area contributed by atoms with E-state index in [9.17, 15) is 9.18 Å². The molecule has 2 nitrogen and oxygen atoms in total. The van der Waals surface area contributed by atoms with E-state index in [2.05, 4.69) is 11.1 Å². The van der Waals surface area contributed by atoms with Crippen LogP contribution in [0.1, 0.15) is 27.2 Å². The fourth-order valence-corrected chi connectivity index (χ4v) is 3.54. The maximum Gasteiger partial charge on any atom is 0.188 e. The predicted octanol–water partition coefficient (Wildman–Crippen LogP) is 6.55. The van der Waals surface area contributed by atoms with Gasteiger partial charge in [-0.25, -0.2) is 4.39 Å². The molecule has 0 unspecified atom stereocenters. The van der Waals surface area contributed by atoms with Crippen molar-refractivity contribution in [2.24, 2.45) is 0 Å². The highest BCUT2D eigenvalue weighted by atomic mass is 19.1. The molecule has 0 radical (unpaired) electrons. The molecule has 142 valence electrons. The lowest BCUT2D eigenvalue weighted by Gasteiger charge is -2.14. The van der Waals surface area contributed by atoms with E-state index in [0.29, 0.717) is 11.3 Å². The SMILES string of the molecule is Cc1ccc2nc(C)c(C(=O)/C=C/c3ccc(F)cc3)c(-c3ccccc3)c2c1. The Bertz CT molecular complexity index is 1230. The molecule has 29 heavy (non-hydrogen) atoms. The minimum atomic E-state index is -0.301. The van der Waals surface area contributed by atoms with Crippen molar-refractivity contribution >= 4 is 22.8 Å². The molecule has 0 aliphatic heterocycles. The standard InChI is InChI=1S/C26H20FNO/c1-17-8-14-23-22(16-17)26(20-6-4-3-5-7-20)25(18(2)28-23)24(29)15-11-19-9-12-21(27)13-10-19/h3-16H,1-2H3/b15-11+. The Kier molecular flexibility index (Phi) is 5.05. The Morgan fingerprint density at radius 1 is 0.931 bits per heavy atom. The lowest BCUT2D eigenvalue weighted by molar-refractivity contribution is 0.104. The van der Waals surface area contributed by atoms with Crippen LogP contribution in [0.15, 0.2) is 78.9 Å². The number of halogens is 1. The summed E-state index contributed by atoms with van der Waals surface area (Å²) in [5, 5.41) is 0.959. The van der Waals surface area contributed by atoms with Crippen LogP contribution in [0.3, 0.4) is 0 Å². The first-order chi connectivity index (χ1) is 14.0. The molecule has 0 aliphatic rings. The van der Waals surface area contributed by atoms with Gasteiger partial charge in [0.15, 0.2) is 5.78 Å². The highest BCUT2D eigenvalue weighted by Gasteiger charge is 2.19. The number of hydrogen-bond acceptors (Lipinski definition) is 2. The molecular formula is C26H20FNO. The number of aromatic nitrogens is 1. The molecule has 0 spiro atoms. The minimum absolute atomic E-state index is 0.124. The van der Waals surface area contributed by atoms with Crippen LogP contribution in [0.2, 0.25) is 0 Å². The number of carbonyl (C=O) groups is 1. The quantitative estimate of drug-likeness (QED) is 0.296. The second-order valence-corrected chi connectivity index (χ2v) is 7.08. The van der Waals surface area contributed by atoms with Gasteiger partial charge < -0.3 is 0 Å². The van der Waals surface area contributed by atoms with Crippen molar-refractivity contribution in [3.8, 4) is 11.1 Å². The number of ketones is 1. The number of pyridine rings is 1. The molecule has 0 saturated heterocycles. The Morgan fingerprint density at radius 2 is 1.66 bits per heavy atom. The molecule has 0 aliphatic carbocycles. The van der Waals surface area contributed by atoms with E-state index < -0.39 is 0 Å². The van der Waals surface area contributed by atoms with Crippen LogP contribution in [0.4, 0.5) is 4.39 Å². The zero-order valence-corrected chi connectivity index (χ0v) is 16.3. The van der Waals surface area contributed by atoms with Crippen LogP contribution < -0.4 is 0 Å². The van der Waals surface area contributed by atoms with E-state index >= 15 is 0 Å². The number of nitrogens with zero attached hydrogens (tertiary/aromatic N) is 1. The Labute approximate surface area is 169 Å². The fraction of sp³-hybridized carbons (Fsp3) is 0.0769. The van der Waals surface area contributed by atoms with Crippen molar-refractivity contribution < 1.29 is 9.18 Å². The molecule has 0 bridgehead atoms. The van der Waals surface area contributed by atoms with Gasteiger partial charge in [-0.15, -0.1) is 0 Å². The van der Waals surface area contributed by atoms with Crippen LogP contribution >= 0.6 is 0 Å². The number of allylic oxidation sites excluding steroid dienone is 1. The molecule has 1 heterocycles. The molecule has 4 rings (SSSR count). The van der Waals surface area contributed by atoms with Gasteiger partial charge in [0.25, 0.3) is 0 Å². The summed E-state index contributed by atoms with van der Waals surface area (Å²) in [6, 6.07) is 22.1. The van der Waals surface area contributed by atoms with Gasteiger partial charge >= 0.3 is 0 Å². The van der Waals surface area contributed by atoms with Gasteiger partial charge in [0, 0.05) is 16.6 Å². The summed E-state index contributed by atoms with van der Waals surface area (Å²) in [6.07, 6.45) is 3.24. The summed E-state index contributed by atoms with van der Waals surface area (Å²) in [4.78, 5) is 17.9. The predicted molar refractivity (Wildman–Crippen MR) is 116 cm³/mol. The summed E-state index contributed by atoms with van der Waals surface area (Å²) in [5.74, 6) is -0.425. The van der Waals surface area contributed by atoms with E-state index in [4.69, 9.17) is 0 Å². The maximum absolute atomic E-state index is 13.2. The molecule has 0 saturated carbocycles. The van der Waals surface area contributed by atoms with Crippen LogP contribution in [0.25, 0.3) is 28.1 Å². The van der Waals surface area contributed by atoms with Crippen molar-refractivity contribution in [2.75, 3.05) is 0 Å². The lowest BCUT2D eigenvalue weighted by atomic mass is 9.91. The summed E-state index contributed by atoms with van der Waals surface area (Å²) in [7, 11) is 0. The van der Waals surface area contributed by atoms with Crippen molar-refractivity contribution in [1.29, 1.82) is 0 Å². The largest absolute Gasteiger partial charge is 0.289 e. The Balaban J connectivity index is 1.90. The van der Waals surface area contributed by atoms with Crippen LogP contribution in [-0.4, -0.2) is 10.8 Å². The number of fused-ring (bicyclic) bond motifs is 1. The zero-order valence-electron chi connectivity index (χ0n) is 16.3. The number of carbonyl (C=O) groups excluding carboxylic acids is 1. The number of benzene rings is 3. The van der Waals surface area contributed by atoms with Gasteiger partial charge in [0.1, 0.15) is 5.82 Å². The maximum atomic E-state index is 13.2. The second kappa shape index (κ2) is 7.80. The average Bonchev–Trinajstić information content (AvgIpc) is 2.73. The Morgan fingerprint density at radius 3 is 2.38 bits per heavy atom. The topological polar surface area (TPSA) is 30.0 Å². The average molecular weight is 381 g/mol. The first kappa shape index (κ1) is 18.8. The first-order valence-electron chi connectivity index (χ1n) is 9.47. The minimum Gasteiger partial charge on any atom is -0.289 e. The highest BCUT2D eigenvalue weighted by Crippen LogP contribution is 2.34. The molecule has 0 fully saturated rings. The smallest absolute Gasteiger partial charge is 0.188 e. The lowest BCUT2D eigenvalue weighted by Crippen LogP contribution is -2.05. The Hall–Kier alpha value is -3.59. The number of rotatable bonds is 4. The molecule has 0 atom stereocenters. The van der Waals surface area contributed by atoms with Gasteiger partial charge in [-0.2, -0.15) is 0 Å². The molecule has 4 aromatic rings. The molecular weight excluding hydrogens is 361 g/mol. The van der Waals surface area contributed by atoms with Crippen molar-refractivity contribution in [3.63, 3.8) is 0 Å². The summed E-state index contributed by atoms with van der Waals surface area (Å²) in [5.41, 5.74) is 5.90. The summed E-state index contributed by atoms with van der Waals surface area (Å²) < 4.78 is 13.1. The van der Waals surface area contributed by atoms with Gasteiger partial charge in [-0.05, 0) is 55.3 Å².